The molecule has 0 radical (unpaired) electrons. The summed E-state index contributed by atoms with van der Waals surface area (Å²) < 4.78 is 15.0. The first-order valence-electron chi connectivity index (χ1n) is 11.0. The van der Waals surface area contributed by atoms with Gasteiger partial charge < -0.3 is 15.5 Å². The van der Waals surface area contributed by atoms with Crippen molar-refractivity contribution in [2.75, 3.05) is 25.5 Å². The molecular formula is C25H25FN6O. The number of fused-ring (bicyclic) bond motifs is 1. The Balaban J connectivity index is 1.29. The number of rotatable bonds is 5. The Labute approximate surface area is 191 Å². The standard InChI is InChI=1S/C25H25FN6O/c1-31-15-12-21(13-16-31)27-24(33)18-6-10-20(11-7-18)28-25-29-23-22(3-2-14-32(23)30-25)17-4-8-19(26)9-5-17/h2-11,14,21H,12-13,15-16H2,1H3,(H,27,33)(H,28,30). The molecule has 0 bridgehead atoms. The summed E-state index contributed by atoms with van der Waals surface area (Å²) in [4.78, 5) is 19.5. The number of anilines is 2. The Morgan fingerprint density at radius 1 is 1.03 bits per heavy atom. The first kappa shape index (κ1) is 21.1. The molecule has 3 heterocycles. The summed E-state index contributed by atoms with van der Waals surface area (Å²) in [5.41, 5.74) is 3.80. The quantitative estimate of drug-likeness (QED) is 0.485. The Morgan fingerprint density at radius 3 is 2.48 bits per heavy atom. The Morgan fingerprint density at radius 2 is 1.76 bits per heavy atom. The Kier molecular flexibility index (Phi) is 5.75. The molecule has 0 aliphatic carbocycles. The number of nitrogens with zero attached hydrogens (tertiary/aromatic N) is 4. The average Bonchev–Trinajstić information content (AvgIpc) is 3.24. The van der Waals surface area contributed by atoms with Crippen LogP contribution >= 0.6 is 0 Å². The third-order valence-electron chi connectivity index (χ3n) is 5.97. The highest BCUT2D eigenvalue weighted by atomic mass is 19.1. The van der Waals surface area contributed by atoms with Gasteiger partial charge in [0.2, 0.25) is 5.95 Å². The van der Waals surface area contributed by atoms with Gasteiger partial charge in [-0.15, -0.1) is 5.10 Å². The molecule has 0 atom stereocenters. The van der Waals surface area contributed by atoms with Crippen LogP contribution in [0.1, 0.15) is 23.2 Å². The highest BCUT2D eigenvalue weighted by molar-refractivity contribution is 5.94. The monoisotopic (exact) mass is 444 g/mol. The molecule has 5 rings (SSSR count). The molecule has 0 spiro atoms. The SMILES string of the molecule is CN1CCC(NC(=O)c2ccc(Nc3nc4c(-c5ccc(F)cc5)cccn4n3)cc2)CC1. The van der Waals surface area contributed by atoms with Crippen molar-refractivity contribution in [3.63, 3.8) is 0 Å². The summed E-state index contributed by atoms with van der Waals surface area (Å²) in [5.74, 6) is 0.108. The van der Waals surface area contributed by atoms with Crippen LogP contribution in [0, 0.1) is 5.82 Å². The molecule has 2 aromatic carbocycles. The number of amides is 1. The molecule has 7 nitrogen and oxygen atoms in total. The van der Waals surface area contributed by atoms with Gasteiger partial charge in [-0.05, 0) is 87.1 Å². The third kappa shape index (κ3) is 4.70. The molecule has 1 saturated heterocycles. The normalized spacial score (nSPS) is 15.0. The lowest BCUT2D eigenvalue weighted by Gasteiger charge is -2.29. The van der Waals surface area contributed by atoms with Crippen LogP contribution < -0.4 is 10.6 Å². The summed E-state index contributed by atoms with van der Waals surface area (Å²) in [6, 6.07) is 17.6. The van der Waals surface area contributed by atoms with Gasteiger partial charge in [0.1, 0.15) is 5.82 Å². The number of piperidine rings is 1. The Bertz CT molecular complexity index is 1260. The van der Waals surface area contributed by atoms with Gasteiger partial charge in [-0.25, -0.2) is 8.91 Å². The maximum absolute atomic E-state index is 13.3. The van der Waals surface area contributed by atoms with Crippen molar-refractivity contribution < 1.29 is 9.18 Å². The van der Waals surface area contributed by atoms with Gasteiger partial charge in [-0.3, -0.25) is 4.79 Å². The largest absolute Gasteiger partial charge is 0.349 e. The highest BCUT2D eigenvalue weighted by Crippen LogP contribution is 2.25. The summed E-state index contributed by atoms with van der Waals surface area (Å²) in [6.07, 6.45) is 3.76. The number of aromatic nitrogens is 3. The maximum Gasteiger partial charge on any atom is 0.251 e. The molecule has 4 aromatic rings. The van der Waals surface area contributed by atoms with E-state index in [1.165, 1.54) is 12.1 Å². The zero-order chi connectivity index (χ0) is 22.8. The van der Waals surface area contributed by atoms with Crippen LogP contribution in [0.4, 0.5) is 16.0 Å². The third-order valence-corrected chi connectivity index (χ3v) is 5.97. The zero-order valence-electron chi connectivity index (χ0n) is 18.3. The van der Waals surface area contributed by atoms with E-state index in [1.54, 1.807) is 28.8 Å². The maximum atomic E-state index is 13.3. The summed E-state index contributed by atoms with van der Waals surface area (Å²) in [5, 5.41) is 10.8. The van der Waals surface area contributed by atoms with E-state index >= 15 is 0 Å². The van der Waals surface area contributed by atoms with Gasteiger partial charge in [0.15, 0.2) is 5.65 Å². The van der Waals surface area contributed by atoms with Crippen LogP contribution in [-0.4, -0.2) is 51.6 Å². The molecular weight excluding hydrogens is 419 g/mol. The van der Waals surface area contributed by atoms with E-state index in [9.17, 15) is 9.18 Å². The van der Waals surface area contributed by atoms with Gasteiger partial charge in [-0.2, -0.15) is 4.98 Å². The predicted molar refractivity (Wildman–Crippen MR) is 126 cm³/mol. The fraction of sp³-hybridized carbons (Fsp3) is 0.240. The summed E-state index contributed by atoms with van der Waals surface area (Å²) in [7, 11) is 2.10. The minimum atomic E-state index is -0.280. The van der Waals surface area contributed by atoms with E-state index in [4.69, 9.17) is 0 Å². The number of hydrogen-bond acceptors (Lipinski definition) is 5. The number of halogens is 1. The number of benzene rings is 2. The fourth-order valence-electron chi connectivity index (χ4n) is 4.07. The lowest BCUT2D eigenvalue weighted by atomic mass is 10.0. The van der Waals surface area contributed by atoms with Gasteiger partial charge in [0.05, 0.1) is 0 Å². The average molecular weight is 445 g/mol. The van der Waals surface area contributed by atoms with Crippen molar-refractivity contribution in [2.24, 2.45) is 0 Å². The predicted octanol–water partition coefficient (Wildman–Crippen LogP) is 4.10. The molecule has 1 aliphatic heterocycles. The number of pyridine rings is 1. The van der Waals surface area contributed by atoms with Gasteiger partial charge in [-0.1, -0.05) is 12.1 Å². The molecule has 0 saturated carbocycles. The van der Waals surface area contributed by atoms with Gasteiger partial charge >= 0.3 is 0 Å². The minimum absolute atomic E-state index is 0.0501. The van der Waals surface area contributed by atoms with Crippen LogP contribution in [0.5, 0.6) is 0 Å². The van der Waals surface area contributed by atoms with Gasteiger partial charge in [0.25, 0.3) is 5.91 Å². The molecule has 168 valence electrons. The van der Waals surface area contributed by atoms with Crippen molar-refractivity contribution in [1.29, 1.82) is 0 Å². The van der Waals surface area contributed by atoms with Gasteiger partial charge in [0, 0.05) is 29.1 Å². The van der Waals surface area contributed by atoms with E-state index in [0.717, 1.165) is 42.7 Å². The number of nitrogens with one attached hydrogen (secondary N) is 2. The second-order valence-electron chi connectivity index (χ2n) is 8.39. The molecule has 2 N–H and O–H groups in total. The zero-order valence-corrected chi connectivity index (χ0v) is 18.3. The molecule has 0 unspecified atom stereocenters. The molecule has 1 fully saturated rings. The first-order valence-corrected chi connectivity index (χ1v) is 11.0. The van der Waals surface area contributed by atoms with Crippen LogP contribution in [0.2, 0.25) is 0 Å². The second-order valence-corrected chi connectivity index (χ2v) is 8.39. The number of carbonyl (C=O) groups is 1. The van der Waals surface area contributed by atoms with Crippen LogP contribution in [-0.2, 0) is 0 Å². The van der Waals surface area contributed by atoms with E-state index in [1.807, 2.05) is 30.5 Å². The lowest BCUT2D eigenvalue weighted by Crippen LogP contribution is -2.43. The number of likely N-dealkylation sites (tertiary alicyclic amines) is 1. The van der Waals surface area contributed by atoms with Crippen molar-refractivity contribution >= 4 is 23.2 Å². The number of carbonyl (C=O) groups excluding carboxylic acids is 1. The second kappa shape index (κ2) is 8.99. The van der Waals surface area contributed by atoms with E-state index in [-0.39, 0.29) is 17.8 Å². The molecule has 33 heavy (non-hydrogen) atoms. The van der Waals surface area contributed by atoms with Crippen molar-refractivity contribution in [3.05, 3.63) is 78.2 Å². The molecule has 1 amide bonds. The van der Waals surface area contributed by atoms with Crippen molar-refractivity contribution in [2.45, 2.75) is 18.9 Å². The van der Waals surface area contributed by atoms with E-state index in [2.05, 4.69) is 32.7 Å². The number of hydrogen-bond donors (Lipinski definition) is 2. The van der Waals surface area contributed by atoms with Crippen LogP contribution in [0.15, 0.2) is 66.9 Å². The molecule has 2 aromatic heterocycles. The minimum Gasteiger partial charge on any atom is -0.349 e. The Hall–Kier alpha value is -3.78. The fourth-order valence-corrected chi connectivity index (χ4v) is 4.07. The smallest absolute Gasteiger partial charge is 0.251 e. The molecule has 8 heteroatoms. The van der Waals surface area contributed by atoms with Crippen molar-refractivity contribution in [1.82, 2.24) is 24.8 Å². The highest BCUT2D eigenvalue weighted by Gasteiger charge is 2.19. The van der Waals surface area contributed by atoms with E-state index in [0.29, 0.717) is 17.2 Å². The topological polar surface area (TPSA) is 74.6 Å². The van der Waals surface area contributed by atoms with Crippen LogP contribution in [0.3, 0.4) is 0 Å². The van der Waals surface area contributed by atoms with Crippen molar-refractivity contribution in [3.8, 4) is 11.1 Å². The molecule has 1 aliphatic rings. The summed E-state index contributed by atoms with van der Waals surface area (Å²) >= 11 is 0. The first-order chi connectivity index (χ1) is 16.0. The summed E-state index contributed by atoms with van der Waals surface area (Å²) in [6.45, 7) is 2.01. The lowest BCUT2D eigenvalue weighted by molar-refractivity contribution is 0.0917. The van der Waals surface area contributed by atoms with Crippen LogP contribution in [0.25, 0.3) is 16.8 Å². The van der Waals surface area contributed by atoms with E-state index < -0.39 is 0 Å².